The fourth-order valence-electron chi connectivity index (χ4n) is 3.05. The van der Waals surface area contributed by atoms with Crippen LogP contribution in [0.1, 0.15) is 23.1 Å². The molecular formula is C18H18N2O2. The Morgan fingerprint density at radius 3 is 2.50 bits per heavy atom. The van der Waals surface area contributed by atoms with Gasteiger partial charge >= 0.3 is 0 Å². The van der Waals surface area contributed by atoms with Crippen LogP contribution in [0.15, 0.2) is 42.6 Å². The number of anilines is 1. The lowest BCUT2D eigenvalue weighted by Gasteiger charge is -2.14. The zero-order valence-electron chi connectivity index (χ0n) is 12.7. The third-order valence-corrected chi connectivity index (χ3v) is 3.88. The SMILES string of the molecule is Cc1cc(C)cc(CC2CC(=O)N(c3ccccn3)C2=O)c1. The molecule has 2 amide bonds. The third-order valence-electron chi connectivity index (χ3n) is 3.88. The van der Waals surface area contributed by atoms with Gasteiger partial charge in [-0.3, -0.25) is 9.59 Å². The van der Waals surface area contributed by atoms with Crippen molar-refractivity contribution in [3.63, 3.8) is 0 Å². The molecule has 22 heavy (non-hydrogen) atoms. The van der Waals surface area contributed by atoms with Crippen LogP contribution < -0.4 is 4.90 Å². The van der Waals surface area contributed by atoms with Crippen LogP contribution in [-0.2, 0) is 16.0 Å². The fraction of sp³-hybridized carbons (Fsp3) is 0.278. The molecule has 0 aliphatic carbocycles. The van der Waals surface area contributed by atoms with E-state index in [2.05, 4.69) is 23.2 Å². The van der Waals surface area contributed by atoms with E-state index in [1.165, 1.54) is 16.0 Å². The number of benzene rings is 1. The highest BCUT2D eigenvalue weighted by Gasteiger charge is 2.39. The van der Waals surface area contributed by atoms with Crippen molar-refractivity contribution in [2.45, 2.75) is 26.7 Å². The van der Waals surface area contributed by atoms with E-state index >= 15 is 0 Å². The van der Waals surface area contributed by atoms with E-state index in [1.54, 1.807) is 24.4 Å². The first kappa shape index (κ1) is 14.4. The third kappa shape index (κ3) is 2.77. The Bertz CT molecular complexity index is 705. The average Bonchev–Trinajstić information content (AvgIpc) is 2.73. The van der Waals surface area contributed by atoms with Crippen LogP contribution in [0.3, 0.4) is 0 Å². The molecule has 1 fully saturated rings. The summed E-state index contributed by atoms with van der Waals surface area (Å²) in [6, 6.07) is 11.5. The lowest BCUT2D eigenvalue weighted by Crippen LogP contribution is -2.31. The minimum absolute atomic E-state index is 0.150. The molecule has 1 aromatic carbocycles. The first-order chi connectivity index (χ1) is 10.5. The maximum atomic E-state index is 12.6. The number of pyridine rings is 1. The normalized spacial score (nSPS) is 18.1. The lowest BCUT2D eigenvalue weighted by molar-refractivity contribution is -0.122. The van der Waals surface area contributed by atoms with Gasteiger partial charge in [-0.2, -0.15) is 0 Å². The van der Waals surface area contributed by atoms with Crippen molar-refractivity contribution in [2.75, 3.05) is 4.90 Å². The highest BCUT2D eigenvalue weighted by Crippen LogP contribution is 2.27. The van der Waals surface area contributed by atoms with E-state index in [4.69, 9.17) is 0 Å². The van der Waals surface area contributed by atoms with Crippen molar-refractivity contribution in [3.05, 3.63) is 59.3 Å². The number of imide groups is 1. The molecule has 0 radical (unpaired) electrons. The average molecular weight is 294 g/mol. The van der Waals surface area contributed by atoms with Crippen molar-refractivity contribution in [1.29, 1.82) is 0 Å². The predicted octanol–water partition coefficient (Wildman–Crippen LogP) is 2.82. The van der Waals surface area contributed by atoms with Crippen LogP contribution in [0.25, 0.3) is 0 Å². The van der Waals surface area contributed by atoms with Gasteiger partial charge in [-0.1, -0.05) is 35.4 Å². The molecule has 1 saturated heterocycles. The summed E-state index contributed by atoms with van der Waals surface area (Å²) in [6.45, 7) is 4.08. The number of hydrogen-bond acceptors (Lipinski definition) is 3. The zero-order valence-corrected chi connectivity index (χ0v) is 12.7. The summed E-state index contributed by atoms with van der Waals surface area (Å²) in [6.07, 6.45) is 2.44. The largest absolute Gasteiger partial charge is 0.274 e. The number of hydrogen-bond donors (Lipinski definition) is 0. The summed E-state index contributed by atoms with van der Waals surface area (Å²) in [4.78, 5) is 30.1. The number of aryl methyl sites for hydroxylation is 2. The van der Waals surface area contributed by atoms with Gasteiger partial charge in [-0.05, 0) is 38.0 Å². The Morgan fingerprint density at radius 1 is 1.14 bits per heavy atom. The maximum Gasteiger partial charge on any atom is 0.238 e. The van der Waals surface area contributed by atoms with Gasteiger partial charge in [0.05, 0.1) is 5.92 Å². The molecule has 3 rings (SSSR count). The molecule has 2 heterocycles. The fourth-order valence-corrected chi connectivity index (χ4v) is 3.05. The Labute approximate surface area is 129 Å². The molecule has 0 bridgehead atoms. The summed E-state index contributed by atoms with van der Waals surface area (Å²) in [5.74, 6) is -0.197. The van der Waals surface area contributed by atoms with Gasteiger partial charge in [0.2, 0.25) is 11.8 Å². The molecule has 1 aliphatic rings. The molecular weight excluding hydrogens is 276 g/mol. The quantitative estimate of drug-likeness (QED) is 0.818. The zero-order chi connectivity index (χ0) is 15.7. The van der Waals surface area contributed by atoms with Crippen LogP contribution in [0.4, 0.5) is 5.82 Å². The molecule has 0 N–H and O–H groups in total. The number of carbonyl (C=O) groups excluding carboxylic acids is 2. The first-order valence-corrected chi connectivity index (χ1v) is 7.39. The summed E-state index contributed by atoms with van der Waals surface area (Å²) >= 11 is 0. The molecule has 4 nitrogen and oxygen atoms in total. The highest BCUT2D eigenvalue weighted by molar-refractivity contribution is 6.20. The number of nitrogens with zero attached hydrogens (tertiary/aromatic N) is 2. The second-order valence-electron chi connectivity index (χ2n) is 5.86. The lowest BCUT2D eigenvalue weighted by atomic mass is 9.95. The van der Waals surface area contributed by atoms with Crippen molar-refractivity contribution >= 4 is 17.6 Å². The molecule has 4 heteroatoms. The van der Waals surface area contributed by atoms with Crippen LogP contribution in [0.5, 0.6) is 0 Å². The Kier molecular flexibility index (Phi) is 3.75. The molecule has 1 atom stereocenters. The summed E-state index contributed by atoms with van der Waals surface area (Å²) in [7, 11) is 0. The van der Waals surface area contributed by atoms with E-state index in [0.29, 0.717) is 12.2 Å². The van der Waals surface area contributed by atoms with Gasteiger partial charge in [0.1, 0.15) is 5.82 Å². The number of aromatic nitrogens is 1. The van der Waals surface area contributed by atoms with Gasteiger partial charge in [-0.25, -0.2) is 9.88 Å². The van der Waals surface area contributed by atoms with Crippen LogP contribution in [-0.4, -0.2) is 16.8 Å². The van der Waals surface area contributed by atoms with Crippen LogP contribution >= 0.6 is 0 Å². The molecule has 0 spiro atoms. The van der Waals surface area contributed by atoms with Crippen molar-refractivity contribution in [3.8, 4) is 0 Å². The number of amides is 2. The van der Waals surface area contributed by atoms with E-state index in [-0.39, 0.29) is 24.2 Å². The van der Waals surface area contributed by atoms with E-state index in [9.17, 15) is 9.59 Å². The van der Waals surface area contributed by atoms with Gasteiger partial charge in [0.15, 0.2) is 0 Å². The van der Waals surface area contributed by atoms with Crippen molar-refractivity contribution in [2.24, 2.45) is 5.92 Å². The first-order valence-electron chi connectivity index (χ1n) is 7.39. The van der Waals surface area contributed by atoms with E-state index in [0.717, 1.165) is 5.56 Å². The topological polar surface area (TPSA) is 50.3 Å². The standard InChI is InChI=1S/C18H18N2O2/c1-12-7-13(2)9-14(8-12)10-15-11-17(21)20(18(15)22)16-5-3-4-6-19-16/h3-9,15H,10-11H2,1-2H3. The summed E-state index contributed by atoms with van der Waals surface area (Å²) in [5.41, 5.74) is 3.45. The predicted molar refractivity (Wildman–Crippen MR) is 84.5 cm³/mol. The van der Waals surface area contributed by atoms with Gasteiger partial charge < -0.3 is 0 Å². The van der Waals surface area contributed by atoms with Gasteiger partial charge in [0.25, 0.3) is 0 Å². The minimum Gasteiger partial charge on any atom is -0.274 e. The molecule has 112 valence electrons. The minimum atomic E-state index is -0.296. The molecule has 1 aromatic heterocycles. The van der Waals surface area contributed by atoms with Crippen LogP contribution in [0, 0.1) is 19.8 Å². The monoisotopic (exact) mass is 294 g/mol. The Balaban J connectivity index is 1.82. The second-order valence-corrected chi connectivity index (χ2v) is 5.86. The van der Waals surface area contributed by atoms with E-state index in [1.807, 2.05) is 13.8 Å². The van der Waals surface area contributed by atoms with Crippen molar-refractivity contribution < 1.29 is 9.59 Å². The van der Waals surface area contributed by atoms with Crippen LogP contribution in [0.2, 0.25) is 0 Å². The molecule has 1 aliphatic heterocycles. The summed E-state index contributed by atoms with van der Waals surface area (Å²) in [5, 5.41) is 0. The van der Waals surface area contributed by atoms with Gasteiger partial charge in [-0.15, -0.1) is 0 Å². The second kappa shape index (κ2) is 5.72. The Morgan fingerprint density at radius 2 is 1.86 bits per heavy atom. The molecule has 0 saturated carbocycles. The highest BCUT2D eigenvalue weighted by atomic mass is 16.2. The molecule has 2 aromatic rings. The Hall–Kier alpha value is -2.49. The number of rotatable bonds is 3. The smallest absolute Gasteiger partial charge is 0.238 e. The molecule has 1 unspecified atom stereocenters. The summed E-state index contributed by atoms with van der Waals surface area (Å²) < 4.78 is 0. The number of carbonyl (C=O) groups is 2. The van der Waals surface area contributed by atoms with Gasteiger partial charge in [0, 0.05) is 12.6 Å². The van der Waals surface area contributed by atoms with Crippen molar-refractivity contribution in [1.82, 2.24) is 4.98 Å². The van der Waals surface area contributed by atoms with E-state index < -0.39 is 0 Å². The maximum absolute atomic E-state index is 12.6.